The maximum Gasteiger partial charge on any atom is 0.0239 e. The summed E-state index contributed by atoms with van der Waals surface area (Å²) < 4.78 is 0. The van der Waals surface area contributed by atoms with Crippen molar-refractivity contribution in [2.24, 2.45) is 0 Å². The molecular formula is C14H22N2. The Hall–Kier alpha value is -0.860. The molecule has 0 aliphatic carbocycles. The van der Waals surface area contributed by atoms with E-state index in [1.54, 1.807) is 11.1 Å². The number of likely N-dealkylation sites (N-methyl/N-ethyl adjacent to an activating group) is 2. The number of nitrogens with zero attached hydrogens (tertiary/aromatic N) is 1. The highest BCUT2D eigenvalue weighted by Crippen LogP contribution is 2.22. The zero-order chi connectivity index (χ0) is 11.4. The highest BCUT2D eigenvalue weighted by atomic mass is 15.1. The number of rotatable bonds is 4. The summed E-state index contributed by atoms with van der Waals surface area (Å²) in [6.45, 7) is 6.86. The van der Waals surface area contributed by atoms with Crippen LogP contribution in [0.1, 0.15) is 23.6 Å². The third-order valence-electron chi connectivity index (χ3n) is 3.54. The van der Waals surface area contributed by atoms with Gasteiger partial charge in [0.05, 0.1) is 0 Å². The van der Waals surface area contributed by atoms with E-state index in [2.05, 4.69) is 35.3 Å². The Labute approximate surface area is 98.7 Å². The molecule has 2 heteroatoms. The van der Waals surface area contributed by atoms with Gasteiger partial charge in [0.1, 0.15) is 0 Å². The van der Waals surface area contributed by atoms with Crippen LogP contribution in [0, 0.1) is 0 Å². The molecule has 0 spiro atoms. The van der Waals surface area contributed by atoms with E-state index in [9.17, 15) is 0 Å². The fourth-order valence-corrected chi connectivity index (χ4v) is 2.47. The molecule has 0 fully saturated rings. The van der Waals surface area contributed by atoms with Crippen LogP contribution < -0.4 is 5.32 Å². The van der Waals surface area contributed by atoms with Gasteiger partial charge >= 0.3 is 0 Å². The Morgan fingerprint density at radius 1 is 1.38 bits per heavy atom. The fourth-order valence-electron chi connectivity index (χ4n) is 2.47. The third-order valence-corrected chi connectivity index (χ3v) is 3.54. The molecule has 1 aromatic carbocycles. The van der Waals surface area contributed by atoms with E-state index in [1.165, 1.54) is 25.1 Å². The Bertz CT molecular complexity index is 347. The van der Waals surface area contributed by atoms with Crippen molar-refractivity contribution in [3.05, 3.63) is 34.9 Å². The lowest BCUT2D eigenvalue weighted by atomic mass is 9.93. The van der Waals surface area contributed by atoms with Crippen LogP contribution in [0.5, 0.6) is 0 Å². The van der Waals surface area contributed by atoms with Gasteiger partial charge < -0.3 is 5.32 Å². The predicted octanol–water partition coefficient (Wildman–Crippen LogP) is 1.83. The minimum absolute atomic E-state index is 1.07. The van der Waals surface area contributed by atoms with Crippen molar-refractivity contribution in [3.8, 4) is 0 Å². The Kier molecular flexibility index (Phi) is 3.97. The van der Waals surface area contributed by atoms with Gasteiger partial charge in [-0.2, -0.15) is 0 Å². The lowest BCUT2D eigenvalue weighted by Crippen LogP contribution is -2.31. The average Bonchev–Trinajstić information content (AvgIpc) is 2.35. The summed E-state index contributed by atoms with van der Waals surface area (Å²) in [7, 11) is 2.02. The zero-order valence-corrected chi connectivity index (χ0v) is 10.4. The van der Waals surface area contributed by atoms with E-state index in [0.29, 0.717) is 0 Å². The second-order valence-corrected chi connectivity index (χ2v) is 4.53. The zero-order valence-electron chi connectivity index (χ0n) is 10.4. The van der Waals surface area contributed by atoms with Crippen LogP contribution in [0.15, 0.2) is 18.2 Å². The Morgan fingerprint density at radius 3 is 3.00 bits per heavy atom. The van der Waals surface area contributed by atoms with Crippen LogP contribution in [-0.4, -0.2) is 31.6 Å². The largest absolute Gasteiger partial charge is 0.319 e. The molecular weight excluding hydrogens is 196 g/mol. The molecule has 2 rings (SSSR count). The van der Waals surface area contributed by atoms with Crippen LogP contribution in [0.25, 0.3) is 0 Å². The van der Waals surface area contributed by atoms with Crippen LogP contribution in [0.4, 0.5) is 0 Å². The molecule has 2 nitrogen and oxygen atoms in total. The van der Waals surface area contributed by atoms with Crippen molar-refractivity contribution >= 4 is 0 Å². The van der Waals surface area contributed by atoms with Gasteiger partial charge in [-0.05, 0) is 49.7 Å². The van der Waals surface area contributed by atoms with Gasteiger partial charge in [-0.1, -0.05) is 25.1 Å². The van der Waals surface area contributed by atoms with Crippen molar-refractivity contribution in [1.82, 2.24) is 10.2 Å². The smallest absolute Gasteiger partial charge is 0.0239 e. The maximum absolute atomic E-state index is 3.23. The van der Waals surface area contributed by atoms with E-state index in [1.807, 2.05) is 7.05 Å². The number of nitrogens with one attached hydrogen (secondary N) is 1. The summed E-state index contributed by atoms with van der Waals surface area (Å²) >= 11 is 0. The Balaban J connectivity index is 2.20. The minimum Gasteiger partial charge on any atom is -0.319 e. The van der Waals surface area contributed by atoms with Crippen molar-refractivity contribution in [2.75, 3.05) is 26.7 Å². The van der Waals surface area contributed by atoms with Gasteiger partial charge in [0, 0.05) is 13.1 Å². The van der Waals surface area contributed by atoms with Crippen molar-refractivity contribution in [3.63, 3.8) is 0 Å². The van der Waals surface area contributed by atoms with E-state index in [4.69, 9.17) is 0 Å². The highest BCUT2D eigenvalue weighted by molar-refractivity contribution is 5.37. The van der Waals surface area contributed by atoms with E-state index in [-0.39, 0.29) is 0 Å². The van der Waals surface area contributed by atoms with Crippen LogP contribution >= 0.6 is 0 Å². The molecule has 0 atom stereocenters. The number of benzene rings is 1. The monoisotopic (exact) mass is 218 g/mol. The first-order valence-corrected chi connectivity index (χ1v) is 6.31. The van der Waals surface area contributed by atoms with Gasteiger partial charge in [0.2, 0.25) is 0 Å². The van der Waals surface area contributed by atoms with Gasteiger partial charge in [0.25, 0.3) is 0 Å². The van der Waals surface area contributed by atoms with Gasteiger partial charge in [-0.15, -0.1) is 0 Å². The van der Waals surface area contributed by atoms with Crippen LogP contribution in [0.2, 0.25) is 0 Å². The molecule has 0 amide bonds. The number of hydrogen-bond donors (Lipinski definition) is 1. The van der Waals surface area contributed by atoms with E-state index in [0.717, 1.165) is 19.5 Å². The lowest BCUT2D eigenvalue weighted by Gasteiger charge is -2.29. The molecule has 0 radical (unpaired) electrons. The van der Waals surface area contributed by atoms with Crippen molar-refractivity contribution < 1.29 is 0 Å². The molecule has 0 saturated carbocycles. The third kappa shape index (κ3) is 2.45. The van der Waals surface area contributed by atoms with Crippen LogP contribution in [-0.2, 0) is 19.4 Å². The molecule has 16 heavy (non-hydrogen) atoms. The predicted molar refractivity (Wildman–Crippen MR) is 68.7 cm³/mol. The number of fused-ring (bicyclic) bond motifs is 1. The second-order valence-electron chi connectivity index (χ2n) is 4.53. The molecule has 88 valence electrons. The molecule has 0 unspecified atom stereocenters. The first kappa shape index (κ1) is 11.6. The molecule has 1 aliphatic rings. The summed E-state index contributed by atoms with van der Waals surface area (Å²) in [4.78, 5) is 2.53. The topological polar surface area (TPSA) is 15.3 Å². The average molecular weight is 218 g/mol. The SMILES string of the molecule is CCN1CCc2cccc(CCNC)c2C1. The molecule has 1 heterocycles. The normalized spacial score (nSPS) is 16.1. The molecule has 1 aliphatic heterocycles. The summed E-state index contributed by atoms with van der Waals surface area (Å²) in [6.07, 6.45) is 2.37. The molecule has 1 aromatic rings. The summed E-state index contributed by atoms with van der Waals surface area (Å²) in [5.74, 6) is 0. The standard InChI is InChI=1S/C14H22N2/c1-3-16-10-8-13-6-4-5-12(7-9-15-2)14(13)11-16/h4-6,15H,3,7-11H2,1-2H3. The van der Waals surface area contributed by atoms with Gasteiger partial charge in [-0.25, -0.2) is 0 Å². The first-order chi connectivity index (χ1) is 7.85. The van der Waals surface area contributed by atoms with Gasteiger partial charge in [-0.3, -0.25) is 4.90 Å². The highest BCUT2D eigenvalue weighted by Gasteiger charge is 2.16. The Morgan fingerprint density at radius 2 is 2.25 bits per heavy atom. The summed E-state index contributed by atoms with van der Waals surface area (Å²) in [5, 5.41) is 3.23. The van der Waals surface area contributed by atoms with E-state index >= 15 is 0 Å². The molecule has 0 saturated heterocycles. The van der Waals surface area contributed by atoms with E-state index < -0.39 is 0 Å². The van der Waals surface area contributed by atoms with Crippen molar-refractivity contribution in [2.45, 2.75) is 26.3 Å². The number of hydrogen-bond acceptors (Lipinski definition) is 2. The van der Waals surface area contributed by atoms with Gasteiger partial charge in [0.15, 0.2) is 0 Å². The molecule has 0 bridgehead atoms. The minimum atomic E-state index is 1.07. The second kappa shape index (κ2) is 5.46. The molecule has 0 aromatic heterocycles. The summed E-state index contributed by atoms with van der Waals surface area (Å²) in [6, 6.07) is 6.80. The first-order valence-electron chi connectivity index (χ1n) is 6.31. The maximum atomic E-state index is 3.23. The van der Waals surface area contributed by atoms with Crippen LogP contribution in [0.3, 0.4) is 0 Å². The fraction of sp³-hybridized carbons (Fsp3) is 0.571. The van der Waals surface area contributed by atoms with Crippen molar-refractivity contribution in [1.29, 1.82) is 0 Å². The summed E-state index contributed by atoms with van der Waals surface area (Å²) in [5.41, 5.74) is 4.69. The molecule has 1 N–H and O–H groups in total. The lowest BCUT2D eigenvalue weighted by molar-refractivity contribution is 0.267. The quantitative estimate of drug-likeness (QED) is 0.829.